The van der Waals surface area contributed by atoms with Gasteiger partial charge in [-0.2, -0.15) is 0 Å². The molecular weight excluding hydrogens is 274 g/mol. The van der Waals surface area contributed by atoms with Crippen LogP contribution >= 0.6 is 11.3 Å². The maximum Gasteiger partial charge on any atom is 0.409 e. The van der Waals surface area contributed by atoms with Crippen LogP contribution in [-0.2, 0) is 11.2 Å². The maximum absolute atomic E-state index is 11.6. The number of thiazole rings is 1. The molecule has 0 atom stereocenters. The molecule has 6 heteroatoms. The predicted octanol–water partition coefficient (Wildman–Crippen LogP) is 2.20. The SMILES string of the molecule is CCOC(=O)N1CCC(NCCc2nc(C)cs2)CC1. The molecule has 20 heavy (non-hydrogen) atoms. The van der Waals surface area contributed by atoms with Crippen molar-refractivity contribution in [2.75, 3.05) is 26.2 Å². The van der Waals surface area contributed by atoms with Crippen molar-refractivity contribution in [2.45, 2.75) is 39.2 Å². The minimum atomic E-state index is -0.177. The van der Waals surface area contributed by atoms with Gasteiger partial charge in [-0.1, -0.05) is 0 Å². The third kappa shape index (κ3) is 4.45. The highest BCUT2D eigenvalue weighted by Crippen LogP contribution is 2.12. The lowest BCUT2D eigenvalue weighted by Crippen LogP contribution is -2.45. The van der Waals surface area contributed by atoms with Gasteiger partial charge in [-0.15, -0.1) is 11.3 Å². The number of hydrogen-bond acceptors (Lipinski definition) is 5. The summed E-state index contributed by atoms with van der Waals surface area (Å²) in [7, 11) is 0. The average Bonchev–Trinajstić information content (AvgIpc) is 2.85. The number of likely N-dealkylation sites (tertiary alicyclic amines) is 1. The fourth-order valence-corrected chi connectivity index (χ4v) is 3.16. The molecule has 0 aliphatic carbocycles. The second-order valence-electron chi connectivity index (χ2n) is 5.05. The van der Waals surface area contributed by atoms with Crippen LogP contribution in [0, 0.1) is 6.92 Å². The van der Waals surface area contributed by atoms with E-state index in [4.69, 9.17) is 4.74 Å². The van der Waals surface area contributed by atoms with E-state index in [1.165, 1.54) is 5.01 Å². The molecule has 2 heterocycles. The highest BCUT2D eigenvalue weighted by atomic mass is 32.1. The molecule has 0 unspecified atom stereocenters. The van der Waals surface area contributed by atoms with Crippen molar-refractivity contribution < 1.29 is 9.53 Å². The lowest BCUT2D eigenvalue weighted by Gasteiger charge is -2.31. The minimum absolute atomic E-state index is 0.177. The Balaban J connectivity index is 1.63. The summed E-state index contributed by atoms with van der Waals surface area (Å²) in [4.78, 5) is 17.8. The molecule has 0 radical (unpaired) electrons. The lowest BCUT2D eigenvalue weighted by atomic mass is 10.1. The molecule has 1 fully saturated rings. The van der Waals surface area contributed by atoms with E-state index in [9.17, 15) is 4.79 Å². The van der Waals surface area contributed by atoms with Crippen molar-refractivity contribution in [1.29, 1.82) is 0 Å². The highest BCUT2D eigenvalue weighted by Gasteiger charge is 2.22. The fourth-order valence-electron chi connectivity index (χ4n) is 2.38. The molecule has 112 valence electrons. The largest absolute Gasteiger partial charge is 0.450 e. The number of carbonyl (C=O) groups excluding carboxylic acids is 1. The van der Waals surface area contributed by atoms with Gasteiger partial charge in [-0.3, -0.25) is 0 Å². The molecule has 0 spiro atoms. The number of nitrogens with zero attached hydrogens (tertiary/aromatic N) is 2. The number of rotatable bonds is 5. The van der Waals surface area contributed by atoms with Crippen molar-refractivity contribution >= 4 is 17.4 Å². The summed E-state index contributed by atoms with van der Waals surface area (Å²) in [6.07, 6.45) is 2.80. The Hall–Kier alpha value is -1.14. The Bertz CT molecular complexity index is 428. The summed E-state index contributed by atoms with van der Waals surface area (Å²) in [5, 5.41) is 6.84. The highest BCUT2D eigenvalue weighted by molar-refractivity contribution is 7.09. The molecule has 5 nitrogen and oxygen atoms in total. The van der Waals surface area contributed by atoms with Crippen molar-refractivity contribution in [2.24, 2.45) is 0 Å². The van der Waals surface area contributed by atoms with Crippen LogP contribution in [0.4, 0.5) is 4.79 Å². The molecule has 0 aromatic carbocycles. The molecule has 2 rings (SSSR count). The Morgan fingerprint density at radius 3 is 2.90 bits per heavy atom. The van der Waals surface area contributed by atoms with Crippen LogP contribution in [0.2, 0.25) is 0 Å². The average molecular weight is 297 g/mol. The Kier molecular flexibility index (Phi) is 5.79. The topological polar surface area (TPSA) is 54.5 Å². The Morgan fingerprint density at radius 1 is 1.55 bits per heavy atom. The Labute approximate surface area is 124 Å². The van der Waals surface area contributed by atoms with Crippen molar-refractivity contribution in [3.8, 4) is 0 Å². The number of aromatic nitrogens is 1. The van der Waals surface area contributed by atoms with Crippen molar-refractivity contribution in [3.63, 3.8) is 0 Å². The predicted molar refractivity (Wildman–Crippen MR) is 80.2 cm³/mol. The Morgan fingerprint density at radius 2 is 2.30 bits per heavy atom. The number of carbonyl (C=O) groups is 1. The van der Waals surface area contributed by atoms with Crippen LogP contribution in [0.1, 0.15) is 30.5 Å². The normalized spacial score (nSPS) is 16.4. The van der Waals surface area contributed by atoms with Crippen LogP contribution < -0.4 is 5.32 Å². The summed E-state index contributed by atoms with van der Waals surface area (Å²) < 4.78 is 5.02. The van der Waals surface area contributed by atoms with Crippen LogP contribution in [0.15, 0.2) is 5.38 Å². The molecule has 1 aromatic rings. The summed E-state index contributed by atoms with van der Waals surface area (Å²) in [5.74, 6) is 0. The quantitative estimate of drug-likeness (QED) is 0.905. The van der Waals surface area contributed by atoms with Crippen molar-refractivity contribution in [1.82, 2.24) is 15.2 Å². The van der Waals surface area contributed by atoms with E-state index in [-0.39, 0.29) is 6.09 Å². The first kappa shape index (κ1) is 15.3. The number of piperidine rings is 1. The van der Waals surface area contributed by atoms with Crippen LogP contribution in [-0.4, -0.2) is 48.3 Å². The number of aryl methyl sites for hydroxylation is 1. The van der Waals surface area contributed by atoms with E-state index in [1.807, 2.05) is 13.8 Å². The van der Waals surface area contributed by atoms with Gasteiger partial charge < -0.3 is 15.0 Å². The first-order chi connectivity index (χ1) is 9.69. The summed E-state index contributed by atoms with van der Waals surface area (Å²) >= 11 is 1.73. The van der Waals surface area contributed by atoms with Gasteiger partial charge in [0.05, 0.1) is 11.6 Å². The summed E-state index contributed by atoms with van der Waals surface area (Å²) in [6, 6.07) is 0.502. The molecule has 0 bridgehead atoms. The van der Waals surface area contributed by atoms with Gasteiger partial charge in [0, 0.05) is 43.2 Å². The van der Waals surface area contributed by atoms with E-state index in [1.54, 1.807) is 16.2 Å². The minimum Gasteiger partial charge on any atom is -0.450 e. The molecule has 1 aliphatic heterocycles. The number of amides is 1. The van der Waals surface area contributed by atoms with E-state index < -0.39 is 0 Å². The molecule has 1 amide bonds. The zero-order valence-corrected chi connectivity index (χ0v) is 13.0. The van der Waals surface area contributed by atoms with Crippen LogP contribution in [0.3, 0.4) is 0 Å². The molecule has 0 saturated carbocycles. The monoisotopic (exact) mass is 297 g/mol. The zero-order chi connectivity index (χ0) is 14.4. The van der Waals surface area contributed by atoms with Gasteiger partial charge in [0.1, 0.15) is 0 Å². The van der Waals surface area contributed by atoms with Crippen LogP contribution in [0.25, 0.3) is 0 Å². The summed E-state index contributed by atoms with van der Waals surface area (Å²) in [6.45, 7) is 6.84. The smallest absolute Gasteiger partial charge is 0.409 e. The lowest BCUT2D eigenvalue weighted by molar-refractivity contribution is 0.0952. The molecule has 1 N–H and O–H groups in total. The van der Waals surface area contributed by atoms with E-state index >= 15 is 0 Å². The number of ether oxygens (including phenoxy) is 1. The second kappa shape index (κ2) is 7.59. The van der Waals surface area contributed by atoms with E-state index in [2.05, 4.69) is 15.7 Å². The van der Waals surface area contributed by atoms with Crippen molar-refractivity contribution in [3.05, 3.63) is 16.1 Å². The number of hydrogen-bond donors (Lipinski definition) is 1. The summed E-state index contributed by atoms with van der Waals surface area (Å²) in [5.41, 5.74) is 1.10. The van der Waals surface area contributed by atoms with E-state index in [0.29, 0.717) is 12.6 Å². The fraction of sp³-hybridized carbons (Fsp3) is 0.714. The molecule has 1 aliphatic rings. The molecular formula is C14H23N3O2S. The first-order valence-corrected chi connectivity index (χ1v) is 8.13. The van der Waals surface area contributed by atoms with Gasteiger partial charge in [-0.05, 0) is 26.7 Å². The zero-order valence-electron chi connectivity index (χ0n) is 12.2. The van der Waals surface area contributed by atoms with Gasteiger partial charge in [0.15, 0.2) is 0 Å². The van der Waals surface area contributed by atoms with Crippen LogP contribution in [0.5, 0.6) is 0 Å². The number of nitrogens with one attached hydrogen (secondary N) is 1. The van der Waals surface area contributed by atoms with Gasteiger partial charge in [0.25, 0.3) is 0 Å². The molecule has 1 saturated heterocycles. The third-order valence-corrected chi connectivity index (χ3v) is 4.49. The van der Waals surface area contributed by atoms with Gasteiger partial charge >= 0.3 is 6.09 Å². The molecule has 1 aromatic heterocycles. The standard InChI is InChI=1S/C14H23N3O2S/c1-3-19-14(18)17-8-5-12(6-9-17)15-7-4-13-16-11(2)10-20-13/h10,12,15H,3-9H2,1-2H3. The maximum atomic E-state index is 11.6. The van der Waals surface area contributed by atoms with Gasteiger partial charge in [0.2, 0.25) is 0 Å². The van der Waals surface area contributed by atoms with Gasteiger partial charge in [-0.25, -0.2) is 9.78 Å². The third-order valence-electron chi connectivity index (χ3n) is 3.46. The van der Waals surface area contributed by atoms with E-state index in [0.717, 1.165) is 44.6 Å². The second-order valence-corrected chi connectivity index (χ2v) is 5.99. The first-order valence-electron chi connectivity index (χ1n) is 7.25.